The van der Waals surface area contributed by atoms with Gasteiger partial charge in [-0.3, -0.25) is 4.79 Å². The van der Waals surface area contributed by atoms with E-state index in [9.17, 15) is 4.79 Å². The van der Waals surface area contributed by atoms with Gasteiger partial charge in [-0.2, -0.15) is 0 Å². The Kier molecular flexibility index (Phi) is 13.1. The van der Waals surface area contributed by atoms with E-state index in [-0.39, 0.29) is 5.91 Å². The zero-order chi connectivity index (χ0) is 25.3. The van der Waals surface area contributed by atoms with Crippen LogP contribution in [0.5, 0.6) is 5.75 Å². The Balaban J connectivity index is 1.24. The molecule has 1 N–H and O–H groups in total. The predicted octanol–water partition coefficient (Wildman–Crippen LogP) is 9.07. The van der Waals surface area contributed by atoms with Crippen LogP contribution in [-0.4, -0.2) is 17.5 Å². The van der Waals surface area contributed by atoms with Crippen molar-refractivity contribution in [2.75, 3.05) is 11.9 Å². The van der Waals surface area contributed by atoms with Crippen molar-refractivity contribution in [1.29, 1.82) is 0 Å². The minimum absolute atomic E-state index is 0.0311. The van der Waals surface area contributed by atoms with E-state index in [2.05, 4.69) is 17.2 Å². The van der Waals surface area contributed by atoms with Crippen molar-refractivity contribution in [1.82, 2.24) is 4.98 Å². The van der Waals surface area contributed by atoms with Crippen molar-refractivity contribution in [3.63, 3.8) is 0 Å². The lowest BCUT2D eigenvalue weighted by Crippen LogP contribution is -2.14. The number of carbonyl (C=O) groups is 1. The molecule has 2 aromatic carbocycles. The van der Waals surface area contributed by atoms with Crippen LogP contribution < -0.4 is 10.1 Å². The number of amides is 1. The number of rotatable bonds is 18. The second-order valence-electron chi connectivity index (χ2n) is 9.52. The molecule has 0 aliphatic rings. The van der Waals surface area contributed by atoms with E-state index >= 15 is 0 Å². The minimum atomic E-state index is -0.0311. The Morgan fingerprint density at radius 2 is 1.53 bits per heavy atom. The summed E-state index contributed by atoms with van der Waals surface area (Å²) in [6.07, 6.45) is 18.3. The molecule has 0 aliphatic carbocycles. The fourth-order valence-corrected chi connectivity index (χ4v) is 4.96. The van der Waals surface area contributed by atoms with Crippen LogP contribution in [0.1, 0.15) is 89.5 Å². The van der Waals surface area contributed by atoms with Gasteiger partial charge in [0.15, 0.2) is 0 Å². The second-order valence-corrected chi connectivity index (χ2v) is 10.4. The summed E-state index contributed by atoms with van der Waals surface area (Å²) in [5, 5.41) is 5.89. The highest BCUT2D eigenvalue weighted by Gasteiger charge is 2.07. The molecule has 1 aromatic heterocycles. The summed E-state index contributed by atoms with van der Waals surface area (Å²) in [5.41, 5.74) is 2.77. The monoisotopic (exact) mass is 506 g/mol. The minimum Gasteiger partial charge on any atom is -0.494 e. The SMILES string of the molecule is CCCCCCCCCCCCCCOc1ccc(CC(=O)Nc2cccc(-c3nccs3)c2)cc1. The molecule has 1 amide bonds. The largest absolute Gasteiger partial charge is 0.494 e. The highest BCUT2D eigenvalue weighted by Crippen LogP contribution is 2.24. The van der Waals surface area contributed by atoms with E-state index in [0.717, 1.165) is 40.6 Å². The molecule has 194 valence electrons. The average Bonchev–Trinajstić information content (AvgIpc) is 3.43. The Hall–Kier alpha value is -2.66. The Morgan fingerprint density at radius 1 is 0.861 bits per heavy atom. The maximum Gasteiger partial charge on any atom is 0.228 e. The standard InChI is InChI=1S/C31H42N2O2S/c1-2-3-4-5-6-7-8-9-10-11-12-13-22-35-29-19-17-26(18-20-29)24-30(34)33-28-16-14-15-27(25-28)31-32-21-23-36-31/h14-21,23,25H,2-13,22,24H2,1H3,(H,33,34). The lowest BCUT2D eigenvalue weighted by atomic mass is 10.1. The first-order chi connectivity index (χ1) is 17.7. The molecular weight excluding hydrogens is 464 g/mol. The first-order valence-electron chi connectivity index (χ1n) is 13.8. The third-order valence-corrected chi connectivity index (χ3v) is 7.20. The number of carbonyl (C=O) groups excluding carboxylic acids is 1. The molecule has 0 spiro atoms. The predicted molar refractivity (Wildman–Crippen MR) is 153 cm³/mol. The van der Waals surface area contributed by atoms with Gasteiger partial charge < -0.3 is 10.1 Å². The van der Waals surface area contributed by atoms with Crippen LogP contribution in [0.3, 0.4) is 0 Å². The fourth-order valence-electron chi connectivity index (χ4n) is 4.32. The molecule has 0 bridgehead atoms. The zero-order valence-corrected chi connectivity index (χ0v) is 22.7. The molecule has 0 saturated heterocycles. The van der Waals surface area contributed by atoms with Crippen LogP contribution in [0.2, 0.25) is 0 Å². The number of nitrogens with one attached hydrogen (secondary N) is 1. The van der Waals surface area contributed by atoms with Crippen LogP contribution in [0.4, 0.5) is 5.69 Å². The lowest BCUT2D eigenvalue weighted by Gasteiger charge is -2.09. The maximum absolute atomic E-state index is 12.5. The topological polar surface area (TPSA) is 51.2 Å². The third-order valence-electron chi connectivity index (χ3n) is 6.38. The zero-order valence-electron chi connectivity index (χ0n) is 21.8. The Labute approximate surface area is 221 Å². The summed E-state index contributed by atoms with van der Waals surface area (Å²) in [6.45, 7) is 3.03. The van der Waals surface area contributed by atoms with Gasteiger partial charge in [-0.25, -0.2) is 4.98 Å². The Morgan fingerprint density at radius 3 is 2.17 bits per heavy atom. The van der Waals surface area contributed by atoms with E-state index in [1.807, 2.05) is 53.9 Å². The van der Waals surface area contributed by atoms with Crippen LogP contribution >= 0.6 is 11.3 Å². The lowest BCUT2D eigenvalue weighted by molar-refractivity contribution is -0.115. The number of benzene rings is 2. The number of nitrogens with zero attached hydrogens (tertiary/aromatic N) is 1. The van der Waals surface area contributed by atoms with Crippen molar-refractivity contribution in [2.24, 2.45) is 0 Å². The summed E-state index contributed by atoms with van der Waals surface area (Å²) in [6, 6.07) is 15.7. The van der Waals surface area contributed by atoms with Gasteiger partial charge in [0.2, 0.25) is 5.91 Å². The van der Waals surface area contributed by atoms with Gasteiger partial charge in [-0.05, 0) is 36.2 Å². The first-order valence-corrected chi connectivity index (χ1v) is 14.6. The maximum atomic E-state index is 12.5. The van der Waals surface area contributed by atoms with Gasteiger partial charge in [-0.1, -0.05) is 102 Å². The van der Waals surface area contributed by atoms with Crippen molar-refractivity contribution < 1.29 is 9.53 Å². The molecule has 3 aromatic rings. The van der Waals surface area contributed by atoms with Crippen LogP contribution in [0.15, 0.2) is 60.1 Å². The normalized spacial score (nSPS) is 10.9. The molecule has 4 nitrogen and oxygen atoms in total. The molecular formula is C31H42N2O2S. The second kappa shape index (κ2) is 16.9. The average molecular weight is 507 g/mol. The van der Waals surface area contributed by atoms with Gasteiger partial charge in [-0.15, -0.1) is 11.3 Å². The molecule has 1 heterocycles. The van der Waals surface area contributed by atoms with Crippen LogP contribution in [0, 0.1) is 0 Å². The number of unbranched alkanes of at least 4 members (excludes halogenated alkanes) is 11. The summed E-state index contributed by atoms with van der Waals surface area (Å²) < 4.78 is 5.90. The molecule has 5 heteroatoms. The van der Waals surface area contributed by atoms with Crippen molar-refractivity contribution in [3.8, 4) is 16.3 Å². The van der Waals surface area contributed by atoms with E-state index in [1.165, 1.54) is 70.6 Å². The Bertz CT molecular complexity index is 986. The highest BCUT2D eigenvalue weighted by molar-refractivity contribution is 7.13. The fraction of sp³-hybridized carbons (Fsp3) is 0.484. The summed E-state index contributed by atoms with van der Waals surface area (Å²) >= 11 is 1.59. The van der Waals surface area contributed by atoms with Crippen molar-refractivity contribution >= 4 is 22.9 Å². The summed E-state index contributed by atoms with van der Waals surface area (Å²) in [5.74, 6) is 0.842. The van der Waals surface area contributed by atoms with E-state index in [1.54, 1.807) is 17.5 Å². The summed E-state index contributed by atoms with van der Waals surface area (Å²) in [4.78, 5) is 16.9. The third kappa shape index (κ3) is 10.9. The molecule has 0 saturated carbocycles. The number of anilines is 1. The van der Waals surface area contributed by atoms with E-state index in [4.69, 9.17) is 4.74 Å². The molecule has 0 atom stereocenters. The van der Waals surface area contributed by atoms with Gasteiger partial charge in [0.1, 0.15) is 10.8 Å². The molecule has 0 unspecified atom stereocenters. The van der Waals surface area contributed by atoms with E-state index < -0.39 is 0 Å². The molecule has 0 radical (unpaired) electrons. The molecule has 36 heavy (non-hydrogen) atoms. The molecule has 0 aliphatic heterocycles. The number of aromatic nitrogens is 1. The van der Waals surface area contributed by atoms with Crippen molar-refractivity contribution in [2.45, 2.75) is 90.4 Å². The number of hydrogen-bond donors (Lipinski definition) is 1. The molecule has 0 fully saturated rings. The quantitative estimate of drug-likeness (QED) is 0.175. The summed E-state index contributed by atoms with van der Waals surface area (Å²) in [7, 11) is 0. The number of hydrogen-bond acceptors (Lipinski definition) is 4. The van der Waals surface area contributed by atoms with Crippen molar-refractivity contribution in [3.05, 3.63) is 65.7 Å². The highest BCUT2D eigenvalue weighted by atomic mass is 32.1. The van der Waals surface area contributed by atoms with Gasteiger partial charge in [0.05, 0.1) is 13.0 Å². The molecule has 3 rings (SSSR count). The smallest absolute Gasteiger partial charge is 0.228 e. The van der Waals surface area contributed by atoms with Crippen LogP contribution in [-0.2, 0) is 11.2 Å². The van der Waals surface area contributed by atoms with Gasteiger partial charge in [0.25, 0.3) is 0 Å². The first kappa shape index (κ1) is 27.9. The van der Waals surface area contributed by atoms with Gasteiger partial charge >= 0.3 is 0 Å². The van der Waals surface area contributed by atoms with Crippen LogP contribution in [0.25, 0.3) is 10.6 Å². The number of thiazole rings is 1. The van der Waals surface area contributed by atoms with E-state index in [0.29, 0.717) is 6.42 Å². The van der Waals surface area contributed by atoms with Gasteiger partial charge in [0, 0.05) is 22.8 Å². The number of ether oxygens (including phenoxy) is 1.